The first-order valence-electron chi connectivity index (χ1n) is 8.40. The van der Waals surface area contributed by atoms with Crippen molar-refractivity contribution >= 4 is 23.2 Å². The number of anilines is 2. The largest absolute Gasteiger partial charge is 0.395 e. The number of hydrogen-bond donors (Lipinski definition) is 3. The van der Waals surface area contributed by atoms with Gasteiger partial charge in [0.1, 0.15) is 0 Å². The number of amides is 2. The first kappa shape index (κ1) is 19.2. The zero-order valence-electron chi connectivity index (χ0n) is 14.5. The molecule has 3 N–H and O–H groups in total. The molecule has 1 aromatic rings. The lowest BCUT2D eigenvalue weighted by molar-refractivity contribution is -0.143. The third kappa shape index (κ3) is 5.42. The first-order chi connectivity index (χ1) is 12.0. The Kier molecular flexibility index (Phi) is 7.17. The predicted octanol–water partition coefficient (Wildman–Crippen LogP) is -0.810. The summed E-state index contributed by atoms with van der Waals surface area (Å²) in [6, 6.07) is 7.37. The van der Waals surface area contributed by atoms with E-state index in [2.05, 4.69) is 22.2 Å². The smallest absolute Gasteiger partial charge is 0.313 e. The number of aliphatic hydroxyl groups is 2. The number of nitrogens with one attached hydrogen (secondary N) is 1. The fraction of sp³-hybridized carbons (Fsp3) is 0.529. The zero-order chi connectivity index (χ0) is 18.2. The molecule has 1 fully saturated rings. The van der Waals surface area contributed by atoms with Crippen molar-refractivity contribution in [2.24, 2.45) is 0 Å². The second-order valence-corrected chi connectivity index (χ2v) is 6.03. The number of likely N-dealkylation sites (N-methyl/N-ethyl adjacent to an activating group) is 1. The number of hydrogen-bond acceptors (Lipinski definition) is 6. The molecule has 0 bridgehead atoms. The van der Waals surface area contributed by atoms with Crippen molar-refractivity contribution in [3.05, 3.63) is 24.3 Å². The molecule has 2 rings (SSSR count). The van der Waals surface area contributed by atoms with Crippen LogP contribution in [0.3, 0.4) is 0 Å². The van der Waals surface area contributed by atoms with Gasteiger partial charge < -0.3 is 30.2 Å². The van der Waals surface area contributed by atoms with Crippen molar-refractivity contribution in [3.63, 3.8) is 0 Å². The van der Waals surface area contributed by atoms with Gasteiger partial charge in [-0.15, -0.1) is 0 Å². The average molecular weight is 350 g/mol. The summed E-state index contributed by atoms with van der Waals surface area (Å²) in [5, 5.41) is 20.4. The van der Waals surface area contributed by atoms with Gasteiger partial charge in [-0.25, -0.2) is 0 Å². The van der Waals surface area contributed by atoms with Crippen molar-refractivity contribution < 1.29 is 19.8 Å². The lowest BCUT2D eigenvalue weighted by Gasteiger charge is -2.34. The number of carbonyl (C=O) groups is 2. The van der Waals surface area contributed by atoms with Crippen molar-refractivity contribution in [1.29, 1.82) is 0 Å². The Labute approximate surface area is 147 Å². The minimum Gasteiger partial charge on any atom is -0.395 e. The summed E-state index contributed by atoms with van der Waals surface area (Å²) in [7, 11) is 2.10. The molecule has 8 heteroatoms. The quantitative estimate of drug-likeness (QED) is 0.581. The highest BCUT2D eigenvalue weighted by Crippen LogP contribution is 2.19. The summed E-state index contributed by atoms with van der Waals surface area (Å²) in [6.07, 6.45) is 0. The summed E-state index contributed by atoms with van der Waals surface area (Å²) in [6.45, 7) is 3.43. The van der Waals surface area contributed by atoms with E-state index in [0.717, 1.165) is 36.8 Å². The highest BCUT2D eigenvalue weighted by molar-refractivity contribution is 6.39. The lowest BCUT2D eigenvalue weighted by atomic mass is 10.2. The summed E-state index contributed by atoms with van der Waals surface area (Å²) in [4.78, 5) is 29.8. The van der Waals surface area contributed by atoms with Gasteiger partial charge in [0.15, 0.2) is 0 Å². The minimum atomic E-state index is -0.783. The Balaban J connectivity index is 1.93. The number of benzene rings is 1. The molecule has 0 aromatic heterocycles. The molecule has 1 aromatic carbocycles. The van der Waals surface area contributed by atoms with Crippen molar-refractivity contribution in [2.45, 2.75) is 0 Å². The Morgan fingerprint density at radius 2 is 1.60 bits per heavy atom. The van der Waals surface area contributed by atoms with Crippen LogP contribution in [0.15, 0.2) is 24.3 Å². The van der Waals surface area contributed by atoms with E-state index in [4.69, 9.17) is 10.2 Å². The number of piperazine rings is 1. The van der Waals surface area contributed by atoms with Gasteiger partial charge in [-0.2, -0.15) is 0 Å². The van der Waals surface area contributed by atoms with E-state index in [0.29, 0.717) is 5.69 Å². The molecule has 1 aliphatic rings. The molecule has 138 valence electrons. The molecule has 2 amide bonds. The molecule has 8 nitrogen and oxygen atoms in total. The van der Waals surface area contributed by atoms with Crippen molar-refractivity contribution in [2.75, 3.05) is 69.7 Å². The number of rotatable bonds is 6. The Morgan fingerprint density at radius 3 is 2.12 bits per heavy atom. The first-order valence-corrected chi connectivity index (χ1v) is 8.40. The van der Waals surface area contributed by atoms with Crippen LogP contribution in [0.2, 0.25) is 0 Å². The van der Waals surface area contributed by atoms with Gasteiger partial charge in [0, 0.05) is 50.6 Å². The average Bonchev–Trinajstić information content (AvgIpc) is 2.62. The van der Waals surface area contributed by atoms with Gasteiger partial charge in [-0.1, -0.05) is 0 Å². The van der Waals surface area contributed by atoms with Gasteiger partial charge >= 0.3 is 11.8 Å². The van der Waals surface area contributed by atoms with Gasteiger partial charge in [-0.3, -0.25) is 9.59 Å². The van der Waals surface area contributed by atoms with E-state index in [1.807, 2.05) is 12.1 Å². The van der Waals surface area contributed by atoms with Crippen LogP contribution >= 0.6 is 0 Å². The molecule has 1 heterocycles. The van der Waals surface area contributed by atoms with E-state index in [9.17, 15) is 9.59 Å². The molecule has 0 unspecified atom stereocenters. The third-order valence-corrected chi connectivity index (χ3v) is 4.21. The Bertz CT molecular complexity index is 565. The third-order valence-electron chi connectivity index (χ3n) is 4.21. The highest BCUT2D eigenvalue weighted by Gasteiger charge is 2.21. The topological polar surface area (TPSA) is 96.4 Å². The Hall–Kier alpha value is -2.16. The summed E-state index contributed by atoms with van der Waals surface area (Å²) < 4.78 is 0. The van der Waals surface area contributed by atoms with Gasteiger partial charge in [0.2, 0.25) is 0 Å². The molecular weight excluding hydrogens is 324 g/mol. The van der Waals surface area contributed by atoms with Crippen LogP contribution in [0.5, 0.6) is 0 Å². The van der Waals surface area contributed by atoms with Gasteiger partial charge in [-0.05, 0) is 31.3 Å². The van der Waals surface area contributed by atoms with Crippen LogP contribution in [-0.2, 0) is 9.59 Å². The molecule has 1 aliphatic heterocycles. The maximum atomic E-state index is 12.1. The summed E-state index contributed by atoms with van der Waals surface area (Å²) in [5.41, 5.74) is 1.61. The predicted molar refractivity (Wildman–Crippen MR) is 95.5 cm³/mol. The minimum absolute atomic E-state index is 0.00908. The maximum Gasteiger partial charge on any atom is 0.313 e. The summed E-state index contributed by atoms with van der Waals surface area (Å²) >= 11 is 0. The van der Waals surface area contributed by atoms with Crippen LogP contribution in [0.25, 0.3) is 0 Å². The second kappa shape index (κ2) is 9.36. The van der Waals surface area contributed by atoms with Gasteiger partial charge in [0.05, 0.1) is 13.2 Å². The van der Waals surface area contributed by atoms with E-state index < -0.39 is 11.8 Å². The molecular formula is C17H26N4O4. The second-order valence-electron chi connectivity index (χ2n) is 6.03. The van der Waals surface area contributed by atoms with E-state index in [1.54, 1.807) is 12.1 Å². The number of carbonyl (C=O) groups excluding carboxylic acids is 2. The standard InChI is InChI=1S/C17H26N4O4/c1-19-6-8-20(9-7-19)15-4-2-14(3-5-15)18-16(24)17(25)21(10-12-22)11-13-23/h2-5,22-23H,6-13H2,1H3,(H,18,24). The molecule has 0 aliphatic carbocycles. The van der Waals surface area contributed by atoms with Crippen molar-refractivity contribution in [1.82, 2.24) is 9.80 Å². The van der Waals surface area contributed by atoms with Crippen LogP contribution < -0.4 is 10.2 Å². The maximum absolute atomic E-state index is 12.1. The van der Waals surface area contributed by atoms with Crippen LogP contribution in [0.1, 0.15) is 0 Å². The SMILES string of the molecule is CN1CCN(c2ccc(NC(=O)C(=O)N(CCO)CCO)cc2)CC1. The molecule has 1 saturated heterocycles. The lowest BCUT2D eigenvalue weighted by Crippen LogP contribution is -2.44. The summed E-state index contributed by atoms with van der Waals surface area (Å²) in [5.74, 6) is -1.56. The molecule has 0 spiro atoms. The molecule has 0 radical (unpaired) electrons. The van der Waals surface area contributed by atoms with E-state index in [1.165, 1.54) is 0 Å². The van der Waals surface area contributed by atoms with E-state index >= 15 is 0 Å². The fourth-order valence-electron chi connectivity index (χ4n) is 2.70. The van der Waals surface area contributed by atoms with Crippen LogP contribution in [-0.4, -0.2) is 91.4 Å². The monoisotopic (exact) mass is 350 g/mol. The molecule has 0 atom stereocenters. The van der Waals surface area contributed by atoms with Crippen molar-refractivity contribution in [3.8, 4) is 0 Å². The fourth-order valence-corrected chi connectivity index (χ4v) is 2.70. The number of aliphatic hydroxyl groups excluding tert-OH is 2. The molecule has 0 saturated carbocycles. The zero-order valence-corrected chi connectivity index (χ0v) is 14.5. The van der Waals surface area contributed by atoms with E-state index in [-0.39, 0.29) is 26.3 Å². The van der Waals surface area contributed by atoms with Crippen LogP contribution in [0.4, 0.5) is 11.4 Å². The van der Waals surface area contributed by atoms with Crippen LogP contribution in [0, 0.1) is 0 Å². The number of nitrogens with zero attached hydrogens (tertiary/aromatic N) is 3. The van der Waals surface area contributed by atoms with Gasteiger partial charge in [0.25, 0.3) is 0 Å². The highest BCUT2D eigenvalue weighted by atomic mass is 16.3. The molecule has 25 heavy (non-hydrogen) atoms. The normalized spacial score (nSPS) is 15.1. The Morgan fingerprint density at radius 1 is 1.04 bits per heavy atom.